The maximum Gasteiger partial charge on any atom is 0.309 e. The quantitative estimate of drug-likeness (QED) is 0.439. The summed E-state index contributed by atoms with van der Waals surface area (Å²) in [7, 11) is 0. The highest BCUT2D eigenvalue weighted by Gasteiger charge is 1.91. The maximum atomic E-state index is 9.67. The van der Waals surface area contributed by atoms with Crippen LogP contribution < -0.4 is 5.32 Å². The summed E-state index contributed by atoms with van der Waals surface area (Å²) < 4.78 is 0. The van der Waals surface area contributed by atoms with Crippen molar-refractivity contribution < 1.29 is 4.79 Å². The fourth-order valence-electron chi connectivity index (χ4n) is 0.669. The first-order chi connectivity index (χ1) is 4.93. The molecule has 0 bridgehead atoms. The fourth-order valence-corrected chi connectivity index (χ4v) is 0.669. The molecule has 1 rings (SSSR count). The molecule has 1 aromatic rings. The summed E-state index contributed by atoms with van der Waals surface area (Å²) in [5, 5.41) is 2.43. The Morgan fingerprint density at radius 1 is 1.80 bits per heavy atom. The van der Waals surface area contributed by atoms with E-state index in [0.717, 1.165) is 12.1 Å². The Labute approximate surface area is 58.7 Å². The molecule has 0 aliphatic heterocycles. The van der Waals surface area contributed by atoms with Gasteiger partial charge in [-0.25, -0.2) is 4.98 Å². The molecule has 53 valence electrons. The highest BCUT2D eigenvalue weighted by molar-refractivity contribution is 5.46. The number of hydrogen-bond donors (Lipinski definition) is 2. The van der Waals surface area contributed by atoms with Crippen LogP contribution in [0.4, 0.5) is 0 Å². The zero-order chi connectivity index (χ0) is 7.23. The molecule has 0 spiro atoms. The van der Waals surface area contributed by atoms with E-state index in [-0.39, 0.29) is 0 Å². The number of imidazole rings is 1. The number of nitrogens with zero attached hydrogens (tertiary/aromatic N) is 1. The van der Waals surface area contributed by atoms with Crippen LogP contribution in [0.2, 0.25) is 0 Å². The van der Waals surface area contributed by atoms with Gasteiger partial charge in [0.2, 0.25) is 0 Å². The average molecular weight is 138 g/mol. The molecule has 10 heavy (non-hydrogen) atoms. The summed E-state index contributed by atoms with van der Waals surface area (Å²) in [4.78, 5) is 16.5. The molecule has 1 radical (unpaired) electrons. The van der Waals surface area contributed by atoms with Gasteiger partial charge in [-0.05, 0) is 0 Å². The molecule has 0 aliphatic rings. The molecule has 4 heteroatoms. The van der Waals surface area contributed by atoms with E-state index in [9.17, 15) is 4.79 Å². The van der Waals surface area contributed by atoms with E-state index < -0.39 is 0 Å². The number of H-pyrrole nitrogens is 1. The van der Waals surface area contributed by atoms with Gasteiger partial charge in [-0.1, -0.05) is 0 Å². The number of rotatable bonds is 4. The number of amides is 1. The van der Waals surface area contributed by atoms with Crippen LogP contribution in [0.5, 0.6) is 0 Å². The van der Waals surface area contributed by atoms with E-state index in [4.69, 9.17) is 0 Å². The molecule has 1 heterocycles. The maximum absolute atomic E-state index is 9.67. The van der Waals surface area contributed by atoms with Crippen LogP contribution in [0.3, 0.4) is 0 Å². The van der Waals surface area contributed by atoms with Crippen molar-refractivity contribution in [2.45, 2.75) is 6.42 Å². The van der Waals surface area contributed by atoms with Gasteiger partial charge in [-0.2, -0.15) is 0 Å². The van der Waals surface area contributed by atoms with Crippen LogP contribution in [0, 0.1) is 0 Å². The normalized spacial score (nSPS) is 9.20. The average Bonchev–Trinajstić information content (AvgIpc) is 2.41. The minimum atomic E-state index is 0.592. The Morgan fingerprint density at radius 2 is 2.70 bits per heavy atom. The van der Waals surface area contributed by atoms with Crippen LogP contribution >= 0.6 is 0 Å². The van der Waals surface area contributed by atoms with E-state index in [0.29, 0.717) is 6.54 Å². The van der Waals surface area contributed by atoms with E-state index in [1.54, 1.807) is 18.9 Å². The molecule has 0 aliphatic carbocycles. The number of aromatic amines is 1. The van der Waals surface area contributed by atoms with Crippen molar-refractivity contribution in [3.8, 4) is 0 Å². The lowest BCUT2D eigenvalue weighted by Crippen LogP contribution is -2.14. The second-order valence-corrected chi connectivity index (χ2v) is 1.84. The van der Waals surface area contributed by atoms with Crippen LogP contribution in [-0.2, 0) is 11.2 Å². The molecule has 0 fully saturated rings. The van der Waals surface area contributed by atoms with Gasteiger partial charge in [0, 0.05) is 19.2 Å². The minimum Gasteiger partial charge on any atom is -0.351 e. The molecule has 1 aromatic heterocycles. The van der Waals surface area contributed by atoms with Gasteiger partial charge >= 0.3 is 6.41 Å². The smallest absolute Gasteiger partial charge is 0.309 e. The third-order valence-electron chi connectivity index (χ3n) is 1.13. The van der Waals surface area contributed by atoms with E-state index in [1.807, 2.05) is 0 Å². The van der Waals surface area contributed by atoms with Crippen LogP contribution in [0.1, 0.15) is 5.69 Å². The van der Waals surface area contributed by atoms with Gasteiger partial charge in [0.25, 0.3) is 0 Å². The number of hydrogen-bond acceptors (Lipinski definition) is 2. The molecular weight excluding hydrogens is 130 g/mol. The summed E-state index contributed by atoms with van der Waals surface area (Å²) in [6.07, 6.45) is 5.75. The summed E-state index contributed by atoms with van der Waals surface area (Å²) in [6.45, 7) is 0.592. The lowest BCUT2D eigenvalue weighted by Gasteiger charge is -1.91. The zero-order valence-corrected chi connectivity index (χ0v) is 5.42. The first-order valence-corrected chi connectivity index (χ1v) is 3.01. The van der Waals surface area contributed by atoms with Gasteiger partial charge in [0.1, 0.15) is 0 Å². The topological polar surface area (TPSA) is 57.8 Å². The molecule has 0 unspecified atom stereocenters. The Bertz CT molecular complexity index is 183. The number of nitrogens with one attached hydrogen (secondary N) is 2. The first kappa shape index (κ1) is 6.80. The third kappa shape index (κ3) is 1.89. The summed E-state index contributed by atoms with van der Waals surface area (Å²) in [5.41, 5.74) is 0.947. The molecule has 0 atom stereocenters. The summed E-state index contributed by atoms with van der Waals surface area (Å²) in [6, 6.07) is 0. The molecule has 0 saturated heterocycles. The second-order valence-electron chi connectivity index (χ2n) is 1.84. The van der Waals surface area contributed by atoms with Crippen molar-refractivity contribution in [2.24, 2.45) is 0 Å². The van der Waals surface area contributed by atoms with Crippen LogP contribution in [0.25, 0.3) is 0 Å². The monoisotopic (exact) mass is 138 g/mol. The lowest BCUT2D eigenvalue weighted by atomic mass is 10.3. The summed E-state index contributed by atoms with van der Waals surface area (Å²) >= 11 is 0. The Balaban J connectivity index is 2.21. The minimum absolute atomic E-state index is 0.592. The Hall–Kier alpha value is -1.32. The van der Waals surface area contributed by atoms with Gasteiger partial charge in [-0.15, -0.1) is 0 Å². The number of aromatic nitrogens is 2. The zero-order valence-electron chi connectivity index (χ0n) is 5.42. The predicted octanol–water partition coefficient (Wildman–Crippen LogP) is -0.391. The van der Waals surface area contributed by atoms with Crippen molar-refractivity contribution in [1.29, 1.82) is 0 Å². The molecular formula is C6H8N3O. The van der Waals surface area contributed by atoms with Crippen LogP contribution in [0.15, 0.2) is 12.5 Å². The van der Waals surface area contributed by atoms with E-state index in [1.165, 1.54) is 0 Å². The standard InChI is InChI=1S/C6H8N3O/c10-5-7-2-1-6-3-8-4-9-6/h3-4H,1-2H2,(H,7,10)(H,8,9). The third-order valence-corrected chi connectivity index (χ3v) is 1.13. The van der Waals surface area contributed by atoms with Crippen molar-refractivity contribution >= 4 is 6.41 Å². The molecule has 0 saturated carbocycles. The highest BCUT2D eigenvalue weighted by Crippen LogP contribution is 1.89. The van der Waals surface area contributed by atoms with Gasteiger partial charge in [0.05, 0.1) is 12.0 Å². The van der Waals surface area contributed by atoms with Gasteiger partial charge < -0.3 is 10.3 Å². The molecule has 2 N–H and O–H groups in total. The summed E-state index contributed by atoms with van der Waals surface area (Å²) in [5.74, 6) is 0. The van der Waals surface area contributed by atoms with Crippen molar-refractivity contribution in [2.75, 3.05) is 6.54 Å². The van der Waals surface area contributed by atoms with Crippen molar-refractivity contribution in [1.82, 2.24) is 15.3 Å². The molecule has 0 aromatic carbocycles. The highest BCUT2D eigenvalue weighted by atomic mass is 16.1. The first-order valence-electron chi connectivity index (χ1n) is 3.01. The van der Waals surface area contributed by atoms with E-state index in [2.05, 4.69) is 15.3 Å². The predicted molar refractivity (Wildman–Crippen MR) is 36.0 cm³/mol. The van der Waals surface area contributed by atoms with Crippen molar-refractivity contribution in [3.63, 3.8) is 0 Å². The Morgan fingerprint density at radius 3 is 3.30 bits per heavy atom. The SMILES string of the molecule is O=[C]NCCc1c[nH]cn1. The fraction of sp³-hybridized carbons (Fsp3) is 0.333. The van der Waals surface area contributed by atoms with Gasteiger partial charge in [0.15, 0.2) is 0 Å². The molecule has 4 nitrogen and oxygen atoms in total. The lowest BCUT2D eigenvalue weighted by molar-refractivity contribution is 0.542. The molecule has 1 amide bonds. The Kier molecular flexibility index (Phi) is 2.49. The van der Waals surface area contributed by atoms with Crippen molar-refractivity contribution in [3.05, 3.63) is 18.2 Å². The second kappa shape index (κ2) is 3.66. The number of carbonyl (C=O) groups excluding carboxylic acids is 1. The van der Waals surface area contributed by atoms with Crippen LogP contribution in [-0.4, -0.2) is 22.9 Å². The van der Waals surface area contributed by atoms with Gasteiger partial charge in [-0.3, -0.25) is 4.79 Å². The largest absolute Gasteiger partial charge is 0.351 e. The van der Waals surface area contributed by atoms with E-state index >= 15 is 0 Å².